The van der Waals surface area contributed by atoms with Crippen LogP contribution in [0.25, 0.3) is 10.9 Å². The molecule has 0 bridgehead atoms. The highest BCUT2D eigenvalue weighted by atomic mass is 16.5. The van der Waals surface area contributed by atoms with E-state index in [-0.39, 0.29) is 6.04 Å². The number of aromatic amines is 1. The van der Waals surface area contributed by atoms with Crippen LogP contribution in [0, 0.1) is 0 Å². The molecule has 1 unspecified atom stereocenters. The summed E-state index contributed by atoms with van der Waals surface area (Å²) < 4.78 is 5.67. The largest absolute Gasteiger partial charge is 0.496 e. The summed E-state index contributed by atoms with van der Waals surface area (Å²) >= 11 is 0. The molecule has 1 atom stereocenters. The Labute approximate surface area is 142 Å². The van der Waals surface area contributed by atoms with Crippen LogP contribution in [0.5, 0.6) is 5.75 Å². The lowest BCUT2D eigenvalue weighted by molar-refractivity contribution is 0.196. The standard InChI is InChI=1S/C20H23N3O/c1-24-19-9-5-3-7-16(19)20(23-12-10-21-11-13-23)17-14-22-18-8-4-2-6-15(17)18/h2-9,14,20-22H,10-13H2,1H3. The average molecular weight is 321 g/mol. The van der Waals surface area contributed by atoms with Gasteiger partial charge in [-0.25, -0.2) is 0 Å². The average Bonchev–Trinajstić information content (AvgIpc) is 3.07. The van der Waals surface area contributed by atoms with Crippen molar-refractivity contribution in [2.45, 2.75) is 6.04 Å². The van der Waals surface area contributed by atoms with E-state index in [1.54, 1.807) is 7.11 Å². The van der Waals surface area contributed by atoms with Gasteiger partial charge in [-0.05, 0) is 17.7 Å². The molecule has 0 aliphatic carbocycles. The van der Waals surface area contributed by atoms with Gasteiger partial charge in [0.25, 0.3) is 0 Å². The Bertz CT molecular complexity index is 820. The van der Waals surface area contributed by atoms with Crippen LogP contribution in [0.2, 0.25) is 0 Å². The number of fused-ring (bicyclic) bond motifs is 1. The molecule has 1 aliphatic heterocycles. The monoisotopic (exact) mass is 321 g/mol. The van der Waals surface area contributed by atoms with Crippen molar-refractivity contribution in [2.24, 2.45) is 0 Å². The first-order valence-electron chi connectivity index (χ1n) is 8.52. The lowest BCUT2D eigenvalue weighted by Gasteiger charge is -2.35. The van der Waals surface area contributed by atoms with Gasteiger partial charge in [-0.1, -0.05) is 36.4 Å². The number of piperazine rings is 1. The second-order valence-electron chi connectivity index (χ2n) is 6.22. The molecule has 2 N–H and O–H groups in total. The van der Waals surface area contributed by atoms with Crippen molar-refractivity contribution in [2.75, 3.05) is 33.3 Å². The van der Waals surface area contributed by atoms with Crippen LogP contribution in [0.3, 0.4) is 0 Å². The Morgan fingerprint density at radius 3 is 2.54 bits per heavy atom. The van der Waals surface area contributed by atoms with E-state index in [2.05, 4.69) is 63.9 Å². The van der Waals surface area contributed by atoms with Crippen LogP contribution in [-0.2, 0) is 0 Å². The summed E-state index contributed by atoms with van der Waals surface area (Å²) in [6.07, 6.45) is 2.16. The normalized spacial score (nSPS) is 17.0. The maximum Gasteiger partial charge on any atom is 0.123 e. The third kappa shape index (κ3) is 2.68. The predicted molar refractivity (Wildman–Crippen MR) is 97.6 cm³/mol. The van der Waals surface area contributed by atoms with E-state index in [4.69, 9.17) is 4.74 Å². The van der Waals surface area contributed by atoms with Gasteiger partial charge in [0.2, 0.25) is 0 Å². The lowest BCUT2D eigenvalue weighted by Crippen LogP contribution is -2.45. The van der Waals surface area contributed by atoms with E-state index >= 15 is 0 Å². The van der Waals surface area contributed by atoms with E-state index in [0.29, 0.717) is 0 Å². The van der Waals surface area contributed by atoms with Gasteiger partial charge in [0, 0.05) is 48.8 Å². The van der Waals surface area contributed by atoms with Gasteiger partial charge in [0.1, 0.15) is 5.75 Å². The summed E-state index contributed by atoms with van der Waals surface area (Å²) in [4.78, 5) is 5.98. The first-order valence-corrected chi connectivity index (χ1v) is 8.52. The summed E-state index contributed by atoms with van der Waals surface area (Å²) in [6.45, 7) is 4.10. The summed E-state index contributed by atoms with van der Waals surface area (Å²) in [5, 5.41) is 4.74. The molecule has 4 rings (SSSR count). The number of H-pyrrole nitrogens is 1. The molecule has 1 fully saturated rings. The molecular weight excluding hydrogens is 298 g/mol. The van der Waals surface area contributed by atoms with Gasteiger partial charge in [-0.3, -0.25) is 4.90 Å². The van der Waals surface area contributed by atoms with Crippen molar-refractivity contribution >= 4 is 10.9 Å². The van der Waals surface area contributed by atoms with Crippen molar-refractivity contribution in [1.82, 2.24) is 15.2 Å². The van der Waals surface area contributed by atoms with Gasteiger partial charge in [0.15, 0.2) is 0 Å². The SMILES string of the molecule is COc1ccccc1C(c1c[nH]c2ccccc12)N1CCNCC1. The zero-order chi connectivity index (χ0) is 16.4. The smallest absolute Gasteiger partial charge is 0.123 e. The van der Waals surface area contributed by atoms with Crippen LogP contribution >= 0.6 is 0 Å². The number of hydrogen-bond donors (Lipinski definition) is 2. The van der Waals surface area contributed by atoms with Crippen LogP contribution in [0.4, 0.5) is 0 Å². The molecule has 1 saturated heterocycles. The molecular formula is C20H23N3O. The van der Waals surface area contributed by atoms with E-state index in [9.17, 15) is 0 Å². The topological polar surface area (TPSA) is 40.3 Å². The minimum absolute atomic E-state index is 0.194. The fraction of sp³-hybridized carbons (Fsp3) is 0.300. The van der Waals surface area contributed by atoms with E-state index in [1.165, 1.54) is 22.0 Å². The highest BCUT2D eigenvalue weighted by molar-refractivity contribution is 5.84. The highest BCUT2D eigenvalue weighted by Crippen LogP contribution is 2.37. The number of para-hydroxylation sites is 2. The predicted octanol–water partition coefficient (Wildman–Crippen LogP) is 3.17. The number of benzene rings is 2. The van der Waals surface area contributed by atoms with Gasteiger partial charge in [-0.2, -0.15) is 0 Å². The fourth-order valence-electron chi connectivity index (χ4n) is 3.71. The second kappa shape index (κ2) is 6.67. The zero-order valence-electron chi connectivity index (χ0n) is 14.0. The van der Waals surface area contributed by atoms with Crippen molar-refractivity contribution in [1.29, 1.82) is 0 Å². The molecule has 4 heteroatoms. The molecule has 4 nitrogen and oxygen atoms in total. The molecule has 1 aromatic heterocycles. The Balaban J connectivity index is 1.87. The number of hydrogen-bond acceptors (Lipinski definition) is 3. The number of nitrogens with one attached hydrogen (secondary N) is 2. The second-order valence-corrected chi connectivity index (χ2v) is 6.22. The van der Waals surface area contributed by atoms with E-state index in [0.717, 1.165) is 31.9 Å². The Morgan fingerprint density at radius 1 is 0.958 bits per heavy atom. The number of ether oxygens (including phenoxy) is 1. The van der Waals surface area contributed by atoms with Gasteiger partial charge in [-0.15, -0.1) is 0 Å². The molecule has 124 valence electrons. The lowest BCUT2D eigenvalue weighted by atomic mass is 9.95. The minimum atomic E-state index is 0.194. The quantitative estimate of drug-likeness (QED) is 0.775. The Morgan fingerprint density at radius 2 is 1.71 bits per heavy atom. The van der Waals surface area contributed by atoms with Crippen LogP contribution in [0.1, 0.15) is 17.2 Å². The fourth-order valence-corrected chi connectivity index (χ4v) is 3.71. The molecule has 0 amide bonds. The number of aromatic nitrogens is 1. The summed E-state index contributed by atoms with van der Waals surface area (Å²) in [6, 6.07) is 17.1. The molecule has 2 aromatic carbocycles. The van der Waals surface area contributed by atoms with Crippen molar-refractivity contribution in [3.05, 3.63) is 65.9 Å². The van der Waals surface area contributed by atoms with Crippen molar-refractivity contribution < 1.29 is 4.74 Å². The molecule has 24 heavy (non-hydrogen) atoms. The Kier molecular flexibility index (Phi) is 4.24. The third-order valence-electron chi connectivity index (χ3n) is 4.87. The van der Waals surface area contributed by atoms with Crippen LogP contribution < -0.4 is 10.1 Å². The molecule has 0 saturated carbocycles. The van der Waals surface area contributed by atoms with Crippen LogP contribution in [-0.4, -0.2) is 43.2 Å². The van der Waals surface area contributed by atoms with E-state index in [1.807, 2.05) is 6.07 Å². The zero-order valence-corrected chi connectivity index (χ0v) is 14.0. The number of rotatable bonds is 4. The summed E-state index contributed by atoms with van der Waals surface area (Å²) in [5.41, 5.74) is 3.73. The molecule has 2 heterocycles. The minimum Gasteiger partial charge on any atom is -0.496 e. The van der Waals surface area contributed by atoms with Crippen LogP contribution in [0.15, 0.2) is 54.7 Å². The van der Waals surface area contributed by atoms with Crippen molar-refractivity contribution in [3.8, 4) is 5.75 Å². The van der Waals surface area contributed by atoms with Gasteiger partial charge in [0.05, 0.1) is 13.2 Å². The highest BCUT2D eigenvalue weighted by Gasteiger charge is 2.28. The summed E-state index contributed by atoms with van der Waals surface area (Å²) in [5.74, 6) is 0.950. The molecule has 0 spiro atoms. The molecule has 0 radical (unpaired) electrons. The van der Waals surface area contributed by atoms with Gasteiger partial charge < -0.3 is 15.0 Å². The maximum absolute atomic E-state index is 5.67. The van der Waals surface area contributed by atoms with Crippen molar-refractivity contribution in [3.63, 3.8) is 0 Å². The molecule has 3 aromatic rings. The first kappa shape index (κ1) is 15.2. The number of methoxy groups -OCH3 is 1. The van der Waals surface area contributed by atoms with Gasteiger partial charge >= 0.3 is 0 Å². The first-order chi connectivity index (χ1) is 11.9. The van der Waals surface area contributed by atoms with E-state index < -0.39 is 0 Å². The number of nitrogens with zero attached hydrogens (tertiary/aromatic N) is 1. The summed E-state index contributed by atoms with van der Waals surface area (Å²) in [7, 11) is 1.75. The third-order valence-corrected chi connectivity index (χ3v) is 4.87. The Hall–Kier alpha value is -2.30. The molecule has 1 aliphatic rings. The maximum atomic E-state index is 5.67.